The maximum atomic E-state index is 11.5. The van der Waals surface area contributed by atoms with Gasteiger partial charge in [0.05, 0.1) is 6.42 Å². The van der Waals surface area contributed by atoms with Crippen molar-refractivity contribution in [1.82, 2.24) is 10.6 Å². The van der Waals surface area contributed by atoms with Crippen molar-refractivity contribution in [2.75, 3.05) is 13.1 Å². The van der Waals surface area contributed by atoms with Gasteiger partial charge in [0.25, 0.3) is 5.91 Å². The van der Waals surface area contributed by atoms with Gasteiger partial charge in [-0.2, -0.15) is 5.26 Å². The lowest BCUT2D eigenvalue weighted by molar-refractivity contribution is -0.138. The van der Waals surface area contributed by atoms with Gasteiger partial charge in [0.2, 0.25) is 0 Å². The molecule has 21 heavy (non-hydrogen) atoms. The highest BCUT2D eigenvalue weighted by molar-refractivity contribution is 5.97. The van der Waals surface area contributed by atoms with Crippen molar-refractivity contribution in [1.29, 1.82) is 5.26 Å². The summed E-state index contributed by atoms with van der Waals surface area (Å²) in [5, 5.41) is 30.8. The molecule has 0 aliphatic carbocycles. The topological polar surface area (TPSA) is 140 Å². The summed E-state index contributed by atoms with van der Waals surface area (Å²) in [6.45, 7) is 0.482. The standard InChI is InChI=1S/C13H19N3O5/c14-8-10(13(21)16-7-5-12(19)20)9-15-6-3-1-2-4-11(17)18/h9,15H,1-7H2,(H,16,21)(H,17,18)(H,19,20)/b10-9-. The lowest BCUT2D eigenvalue weighted by atomic mass is 10.2. The summed E-state index contributed by atoms with van der Waals surface area (Å²) in [6.07, 6.45) is 3.24. The van der Waals surface area contributed by atoms with E-state index in [9.17, 15) is 14.4 Å². The highest BCUT2D eigenvalue weighted by atomic mass is 16.4. The van der Waals surface area contributed by atoms with Gasteiger partial charge < -0.3 is 20.8 Å². The number of carbonyl (C=O) groups is 3. The fourth-order valence-electron chi connectivity index (χ4n) is 1.38. The monoisotopic (exact) mass is 297 g/mol. The first kappa shape index (κ1) is 18.4. The van der Waals surface area contributed by atoms with Gasteiger partial charge in [-0.3, -0.25) is 14.4 Å². The van der Waals surface area contributed by atoms with Gasteiger partial charge in [-0.1, -0.05) is 6.42 Å². The lowest BCUT2D eigenvalue weighted by Crippen LogP contribution is -2.28. The van der Waals surface area contributed by atoms with Crippen LogP contribution in [0.2, 0.25) is 0 Å². The van der Waals surface area contributed by atoms with Crippen LogP contribution in [0.25, 0.3) is 0 Å². The number of carboxylic acids is 2. The normalized spacial score (nSPS) is 10.5. The quantitative estimate of drug-likeness (QED) is 0.243. The molecule has 0 saturated carbocycles. The maximum Gasteiger partial charge on any atom is 0.305 e. The smallest absolute Gasteiger partial charge is 0.305 e. The average molecular weight is 297 g/mol. The van der Waals surface area contributed by atoms with Crippen LogP contribution < -0.4 is 10.6 Å². The fraction of sp³-hybridized carbons (Fsp3) is 0.538. The van der Waals surface area contributed by atoms with Crippen molar-refractivity contribution >= 4 is 17.8 Å². The minimum Gasteiger partial charge on any atom is -0.481 e. The summed E-state index contributed by atoms with van der Waals surface area (Å²) in [7, 11) is 0. The molecule has 1 amide bonds. The van der Waals surface area contributed by atoms with Crippen molar-refractivity contribution in [3.05, 3.63) is 11.8 Å². The van der Waals surface area contributed by atoms with E-state index in [1.807, 2.05) is 0 Å². The molecule has 4 N–H and O–H groups in total. The molecule has 8 nitrogen and oxygen atoms in total. The van der Waals surface area contributed by atoms with Crippen molar-refractivity contribution in [3.8, 4) is 6.07 Å². The molecule has 0 heterocycles. The zero-order chi connectivity index (χ0) is 16.1. The molecular weight excluding hydrogens is 278 g/mol. The van der Waals surface area contributed by atoms with Gasteiger partial charge in [0, 0.05) is 25.7 Å². The van der Waals surface area contributed by atoms with E-state index in [1.54, 1.807) is 6.07 Å². The first-order valence-corrected chi connectivity index (χ1v) is 6.52. The van der Waals surface area contributed by atoms with Crippen molar-refractivity contribution in [2.24, 2.45) is 0 Å². The number of hydrogen-bond donors (Lipinski definition) is 4. The Morgan fingerprint density at radius 3 is 2.24 bits per heavy atom. The minimum absolute atomic E-state index is 0.0393. The van der Waals surface area contributed by atoms with E-state index in [2.05, 4.69) is 10.6 Å². The number of nitriles is 1. The summed E-state index contributed by atoms with van der Waals surface area (Å²) in [4.78, 5) is 32.1. The van der Waals surface area contributed by atoms with Gasteiger partial charge in [-0.05, 0) is 12.8 Å². The highest BCUT2D eigenvalue weighted by Gasteiger charge is 2.08. The Hall–Kier alpha value is -2.56. The van der Waals surface area contributed by atoms with Gasteiger partial charge in [-0.15, -0.1) is 0 Å². The van der Waals surface area contributed by atoms with Crippen LogP contribution in [0, 0.1) is 11.3 Å². The molecule has 0 aromatic carbocycles. The number of nitrogens with zero attached hydrogens (tertiary/aromatic N) is 1. The third-order valence-corrected chi connectivity index (χ3v) is 2.45. The summed E-state index contributed by atoms with van der Waals surface area (Å²) in [6, 6.07) is 1.72. The van der Waals surface area contributed by atoms with E-state index >= 15 is 0 Å². The van der Waals surface area contributed by atoms with E-state index < -0.39 is 17.8 Å². The largest absolute Gasteiger partial charge is 0.481 e. The molecule has 0 rings (SSSR count). The Kier molecular flexibility index (Phi) is 9.91. The zero-order valence-corrected chi connectivity index (χ0v) is 11.6. The van der Waals surface area contributed by atoms with Crippen molar-refractivity contribution in [3.63, 3.8) is 0 Å². The summed E-state index contributed by atoms with van der Waals surface area (Å²) < 4.78 is 0. The minimum atomic E-state index is -1.03. The first-order chi connectivity index (χ1) is 9.97. The second kappa shape index (κ2) is 11.3. The number of unbranched alkanes of at least 4 members (excludes halogenated alkanes) is 2. The summed E-state index contributed by atoms with van der Waals surface area (Å²) in [5.41, 5.74) is -0.133. The Balaban J connectivity index is 3.89. The molecular formula is C13H19N3O5. The van der Waals surface area contributed by atoms with Crippen LogP contribution in [-0.2, 0) is 14.4 Å². The van der Waals surface area contributed by atoms with Crippen LogP contribution in [0.15, 0.2) is 11.8 Å². The van der Waals surface area contributed by atoms with Crippen molar-refractivity contribution < 1.29 is 24.6 Å². The molecule has 8 heteroatoms. The molecule has 0 radical (unpaired) electrons. The third-order valence-electron chi connectivity index (χ3n) is 2.45. The molecule has 0 bridgehead atoms. The molecule has 0 atom stereocenters. The SMILES string of the molecule is N#C/C(=C/NCCCCCC(=O)O)C(=O)NCCC(=O)O. The predicted octanol–water partition coefficient (Wildman–Crippen LogP) is 0.219. The molecule has 0 aliphatic rings. The van der Waals surface area contributed by atoms with Crippen LogP contribution in [0.1, 0.15) is 32.1 Å². The number of aliphatic carboxylic acids is 2. The molecule has 0 spiro atoms. The second-order valence-electron chi connectivity index (χ2n) is 4.23. The van der Waals surface area contributed by atoms with E-state index in [0.29, 0.717) is 13.0 Å². The van der Waals surface area contributed by atoms with Crippen LogP contribution in [0.4, 0.5) is 0 Å². The number of rotatable bonds is 11. The van der Waals surface area contributed by atoms with Crippen LogP contribution >= 0.6 is 0 Å². The third kappa shape index (κ3) is 11.0. The molecule has 0 saturated heterocycles. The molecule has 0 aliphatic heterocycles. The van der Waals surface area contributed by atoms with Gasteiger partial charge >= 0.3 is 11.9 Å². The molecule has 0 aromatic rings. The number of hydrogen-bond acceptors (Lipinski definition) is 5. The van der Waals surface area contributed by atoms with E-state index in [1.165, 1.54) is 6.20 Å². The van der Waals surface area contributed by atoms with E-state index in [-0.39, 0.29) is 25.0 Å². The summed E-state index contributed by atoms with van der Waals surface area (Å²) in [5.74, 6) is -2.48. The Morgan fingerprint density at radius 1 is 1.00 bits per heavy atom. The number of carbonyl (C=O) groups excluding carboxylic acids is 1. The number of amides is 1. The van der Waals surface area contributed by atoms with Crippen molar-refractivity contribution in [2.45, 2.75) is 32.1 Å². The van der Waals surface area contributed by atoms with Crippen LogP contribution in [-0.4, -0.2) is 41.1 Å². The van der Waals surface area contributed by atoms with Gasteiger partial charge in [-0.25, -0.2) is 0 Å². The Bertz CT molecular complexity index is 440. The number of nitrogens with one attached hydrogen (secondary N) is 2. The molecule has 0 aromatic heterocycles. The molecule has 0 fully saturated rings. The fourth-order valence-corrected chi connectivity index (χ4v) is 1.38. The number of carboxylic acid groups (broad SMARTS) is 2. The zero-order valence-electron chi connectivity index (χ0n) is 11.6. The average Bonchev–Trinajstić information content (AvgIpc) is 2.41. The lowest BCUT2D eigenvalue weighted by Gasteiger charge is -2.04. The van der Waals surface area contributed by atoms with Crippen LogP contribution in [0.3, 0.4) is 0 Å². The van der Waals surface area contributed by atoms with Gasteiger partial charge in [0.1, 0.15) is 11.6 Å². The van der Waals surface area contributed by atoms with Crippen LogP contribution in [0.5, 0.6) is 0 Å². The highest BCUT2D eigenvalue weighted by Crippen LogP contribution is 1.99. The Morgan fingerprint density at radius 2 is 1.67 bits per heavy atom. The van der Waals surface area contributed by atoms with E-state index in [0.717, 1.165) is 12.8 Å². The Labute approximate surface area is 122 Å². The van der Waals surface area contributed by atoms with Gasteiger partial charge in [0.15, 0.2) is 0 Å². The second-order valence-corrected chi connectivity index (χ2v) is 4.23. The summed E-state index contributed by atoms with van der Waals surface area (Å²) >= 11 is 0. The van der Waals surface area contributed by atoms with E-state index in [4.69, 9.17) is 15.5 Å². The molecule has 116 valence electrons. The molecule has 0 unspecified atom stereocenters. The predicted molar refractivity (Wildman–Crippen MR) is 73.1 cm³/mol. The first-order valence-electron chi connectivity index (χ1n) is 6.52. The maximum absolute atomic E-state index is 11.5.